The standard InChI is InChI=1S/C12H11F2N3O4/c13-8-4-7(10(17(20)21)5-9(8)14)12(19)16-3-1-2-15-11(18)6-16/h4-5H,1-3,6H2,(H,15,18). The summed E-state index contributed by atoms with van der Waals surface area (Å²) in [6.45, 7) is 0.283. The molecule has 0 aliphatic carbocycles. The van der Waals surface area contributed by atoms with Crippen molar-refractivity contribution >= 4 is 17.5 Å². The van der Waals surface area contributed by atoms with E-state index in [1.165, 1.54) is 0 Å². The van der Waals surface area contributed by atoms with Gasteiger partial charge >= 0.3 is 0 Å². The number of rotatable bonds is 2. The Morgan fingerprint density at radius 2 is 2.00 bits per heavy atom. The van der Waals surface area contributed by atoms with Gasteiger partial charge in [0.15, 0.2) is 11.6 Å². The van der Waals surface area contributed by atoms with E-state index in [-0.39, 0.29) is 13.1 Å². The van der Waals surface area contributed by atoms with Crippen molar-refractivity contribution < 1.29 is 23.3 Å². The molecule has 0 bridgehead atoms. The first kappa shape index (κ1) is 14.8. The third kappa shape index (κ3) is 3.12. The van der Waals surface area contributed by atoms with Crippen molar-refractivity contribution in [2.24, 2.45) is 0 Å². The smallest absolute Gasteiger partial charge is 0.285 e. The summed E-state index contributed by atoms with van der Waals surface area (Å²) < 4.78 is 26.3. The van der Waals surface area contributed by atoms with Gasteiger partial charge in [-0.3, -0.25) is 19.7 Å². The van der Waals surface area contributed by atoms with E-state index in [4.69, 9.17) is 0 Å². The fourth-order valence-electron chi connectivity index (χ4n) is 2.01. The van der Waals surface area contributed by atoms with Gasteiger partial charge in [0.1, 0.15) is 5.56 Å². The maximum Gasteiger partial charge on any atom is 0.285 e. The van der Waals surface area contributed by atoms with Crippen LogP contribution < -0.4 is 5.32 Å². The molecule has 0 aromatic heterocycles. The molecule has 2 amide bonds. The van der Waals surface area contributed by atoms with Crippen molar-refractivity contribution in [1.29, 1.82) is 0 Å². The Morgan fingerprint density at radius 3 is 2.67 bits per heavy atom. The molecule has 0 radical (unpaired) electrons. The lowest BCUT2D eigenvalue weighted by atomic mass is 10.1. The summed E-state index contributed by atoms with van der Waals surface area (Å²) in [7, 11) is 0. The molecule has 1 fully saturated rings. The second-order valence-corrected chi connectivity index (χ2v) is 4.47. The van der Waals surface area contributed by atoms with Gasteiger partial charge in [-0.15, -0.1) is 0 Å². The Hall–Kier alpha value is -2.58. The Kier molecular flexibility index (Phi) is 4.10. The van der Waals surface area contributed by atoms with Crippen LogP contribution in [0.5, 0.6) is 0 Å². The van der Waals surface area contributed by atoms with Gasteiger partial charge in [0.25, 0.3) is 11.6 Å². The van der Waals surface area contributed by atoms with Gasteiger partial charge in [-0.25, -0.2) is 8.78 Å². The number of halogens is 2. The molecule has 1 aliphatic heterocycles. The number of carbonyl (C=O) groups is 2. The molecule has 1 N–H and O–H groups in total. The fourth-order valence-corrected chi connectivity index (χ4v) is 2.01. The Labute approximate surface area is 117 Å². The average molecular weight is 299 g/mol. The van der Waals surface area contributed by atoms with Crippen molar-refractivity contribution in [1.82, 2.24) is 10.2 Å². The minimum absolute atomic E-state index is 0.188. The molecule has 7 nitrogen and oxygen atoms in total. The van der Waals surface area contributed by atoms with Crippen LogP contribution >= 0.6 is 0 Å². The Morgan fingerprint density at radius 1 is 1.33 bits per heavy atom. The highest BCUT2D eigenvalue weighted by atomic mass is 19.2. The minimum Gasteiger partial charge on any atom is -0.354 e. The highest BCUT2D eigenvalue weighted by Crippen LogP contribution is 2.24. The SMILES string of the molecule is O=C1CN(C(=O)c2cc(F)c(F)cc2[N+](=O)[O-])CCCN1. The molecule has 9 heteroatoms. The zero-order valence-electron chi connectivity index (χ0n) is 10.8. The van der Waals surface area contributed by atoms with Crippen molar-refractivity contribution in [3.8, 4) is 0 Å². The van der Waals surface area contributed by atoms with Crippen LogP contribution in [0.3, 0.4) is 0 Å². The molecule has 0 unspecified atom stereocenters. The molecular weight excluding hydrogens is 288 g/mol. The maximum absolute atomic E-state index is 13.3. The molecule has 2 rings (SSSR count). The summed E-state index contributed by atoms with van der Waals surface area (Å²) >= 11 is 0. The van der Waals surface area contributed by atoms with Crippen LogP contribution in [0.1, 0.15) is 16.8 Å². The van der Waals surface area contributed by atoms with E-state index >= 15 is 0 Å². The molecule has 1 aliphatic rings. The van der Waals surface area contributed by atoms with Gasteiger partial charge in [-0.05, 0) is 12.5 Å². The van der Waals surface area contributed by atoms with Gasteiger partial charge < -0.3 is 10.2 Å². The van der Waals surface area contributed by atoms with Crippen LogP contribution in [-0.2, 0) is 4.79 Å². The molecule has 1 aromatic carbocycles. The minimum atomic E-state index is -1.41. The maximum atomic E-state index is 13.3. The summed E-state index contributed by atoms with van der Waals surface area (Å²) in [6, 6.07) is 0.846. The molecule has 1 heterocycles. The second-order valence-electron chi connectivity index (χ2n) is 4.47. The molecular formula is C12H11F2N3O4. The first-order chi connectivity index (χ1) is 9.90. The van der Waals surface area contributed by atoms with Crippen molar-refractivity contribution in [3.63, 3.8) is 0 Å². The van der Waals surface area contributed by atoms with Gasteiger partial charge in [0.05, 0.1) is 17.5 Å². The molecule has 0 atom stereocenters. The zero-order chi connectivity index (χ0) is 15.6. The van der Waals surface area contributed by atoms with Crippen LogP contribution in [0.25, 0.3) is 0 Å². The summed E-state index contributed by atoms with van der Waals surface area (Å²) in [5.74, 6) is -4.06. The van der Waals surface area contributed by atoms with E-state index < -0.39 is 39.6 Å². The number of nitro benzene ring substituents is 1. The monoisotopic (exact) mass is 299 g/mol. The van der Waals surface area contributed by atoms with E-state index in [1.807, 2.05) is 0 Å². The quantitative estimate of drug-likeness (QED) is 0.647. The summed E-state index contributed by atoms with van der Waals surface area (Å²) in [4.78, 5) is 34.6. The third-order valence-electron chi connectivity index (χ3n) is 3.01. The largest absolute Gasteiger partial charge is 0.354 e. The first-order valence-electron chi connectivity index (χ1n) is 6.09. The number of benzene rings is 1. The molecule has 0 spiro atoms. The third-order valence-corrected chi connectivity index (χ3v) is 3.01. The molecule has 112 valence electrons. The van der Waals surface area contributed by atoms with Crippen LogP contribution in [0.15, 0.2) is 12.1 Å². The lowest BCUT2D eigenvalue weighted by molar-refractivity contribution is -0.385. The van der Waals surface area contributed by atoms with Crippen LogP contribution in [0.2, 0.25) is 0 Å². The van der Waals surface area contributed by atoms with Crippen molar-refractivity contribution in [2.45, 2.75) is 6.42 Å². The lowest BCUT2D eigenvalue weighted by Crippen LogP contribution is -2.37. The summed E-state index contributed by atoms with van der Waals surface area (Å²) in [5, 5.41) is 13.4. The van der Waals surface area contributed by atoms with E-state index in [1.54, 1.807) is 0 Å². The van der Waals surface area contributed by atoms with Gasteiger partial charge in [-0.2, -0.15) is 0 Å². The summed E-state index contributed by atoms with van der Waals surface area (Å²) in [5.41, 5.74) is -1.41. The highest BCUT2D eigenvalue weighted by molar-refractivity contribution is 6.00. The molecule has 1 saturated heterocycles. The topological polar surface area (TPSA) is 92.5 Å². The highest BCUT2D eigenvalue weighted by Gasteiger charge is 2.29. The first-order valence-corrected chi connectivity index (χ1v) is 6.09. The number of nitro groups is 1. The number of nitrogens with zero attached hydrogens (tertiary/aromatic N) is 2. The van der Waals surface area contributed by atoms with Gasteiger partial charge in [-0.1, -0.05) is 0 Å². The van der Waals surface area contributed by atoms with Crippen molar-refractivity contribution in [2.75, 3.05) is 19.6 Å². The van der Waals surface area contributed by atoms with Crippen LogP contribution in [-0.4, -0.2) is 41.3 Å². The Balaban J connectivity index is 2.40. The number of amides is 2. The normalized spacial score (nSPS) is 15.3. The van der Waals surface area contributed by atoms with Crippen LogP contribution in [0, 0.1) is 21.7 Å². The van der Waals surface area contributed by atoms with E-state index in [0.717, 1.165) is 4.90 Å². The number of nitrogens with one attached hydrogen (secondary N) is 1. The predicted octanol–water partition coefficient (Wildman–Crippen LogP) is 0.835. The van der Waals surface area contributed by atoms with E-state index in [2.05, 4.69) is 5.32 Å². The Bertz CT molecular complexity index is 621. The zero-order valence-corrected chi connectivity index (χ0v) is 10.8. The number of carbonyl (C=O) groups excluding carboxylic acids is 2. The molecule has 21 heavy (non-hydrogen) atoms. The van der Waals surface area contributed by atoms with Gasteiger partial charge in [0, 0.05) is 13.1 Å². The predicted molar refractivity (Wildman–Crippen MR) is 66.5 cm³/mol. The fraction of sp³-hybridized carbons (Fsp3) is 0.333. The number of hydrogen-bond acceptors (Lipinski definition) is 4. The summed E-state index contributed by atoms with van der Waals surface area (Å²) in [6.07, 6.45) is 0.467. The molecule has 1 aromatic rings. The average Bonchev–Trinajstić information content (AvgIpc) is 2.65. The van der Waals surface area contributed by atoms with Crippen molar-refractivity contribution in [3.05, 3.63) is 39.4 Å². The number of hydrogen-bond donors (Lipinski definition) is 1. The second kappa shape index (κ2) is 5.81. The van der Waals surface area contributed by atoms with Crippen LogP contribution in [0.4, 0.5) is 14.5 Å². The van der Waals surface area contributed by atoms with E-state index in [9.17, 15) is 28.5 Å². The van der Waals surface area contributed by atoms with Gasteiger partial charge in [0.2, 0.25) is 5.91 Å². The molecule has 0 saturated carbocycles. The van der Waals surface area contributed by atoms with E-state index in [0.29, 0.717) is 25.1 Å². The lowest BCUT2D eigenvalue weighted by Gasteiger charge is -2.18.